The lowest BCUT2D eigenvalue weighted by Gasteiger charge is -2.27. The van der Waals surface area contributed by atoms with E-state index < -0.39 is 6.17 Å². The van der Waals surface area contributed by atoms with Crippen LogP contribution in [0.4, 0.5) is 4.39 Å². The van der Waals surface area contributed by atoms with Gasteiger partial charge >= 0.3 is 5.97 Å². The van der Waals surface area contributed by atoms with E-state index in [0.29, 0.717) is 12.3 Å². The van der Waals surface area contributed by atoms with E-state index in [-0.39, 0.29) is 23.9 Å². The summed E-state index contributed by atoms with van der Waals surface area (Å²) in [6.07, 6.45) is 7.65. The molecule has 0 aromatic heterocycles. The molecule has 2 saturated carbocycles. The highest BCUT2D eigenvalue weighted by Crippen LogP contribution is 2.32. The van der Waals surface area contributed by atoms with Gasteiger partial charge in [-0.15, -0.1) is 0 Å². The van der Waals surface area contributed by atoms with Gasteiger partial charge in [0, 0.05) is 17.9 Å². The molecule has 3 atom stereocenters. The van der Waals surface area contributed by atoms with Gasteiger partial charge in [-0.3, -0.25) is 0 Å². The molecule has 2 aliphatic carbocycles. The minimum atomic E-state index is -0.844. The van der Waals surface area contributed by atoms with Crippen LogP contribution in [0, 0.1) is 29.1 Å². The Bertz CT molecular complexity index is 422. The molecule has 3 unspecified atom stereocenters. The average Bonchev–Trinajstić information content (AvgIpc) is 2.56. The van der Waals surface area contributed by atoms with Gasteiger partial charge in [0.1, 0.15) is 12.3 Å². The predicted octanol–water partition coefficient (Wildman–Crippen LogP) is 4.97. The zero-order valence-electron chi connectivity index (χ0n) is 14.6. The van der Waals surface area contributed by atoms with Gasteiger partial charge < -0.3 is 4.74 Å². The van der Waals surface area contributed by atoms with E-state index in [4.69, 9.17) is 10.00 Å². The molecule has 0 saturated heterocycles. The van der Waals surface area contributed by atoms with E-state index >= 15 is 0 Å². The normalized spacial score (nSPS) is 34.1. The van der Waals surface area contributed by atoms with Crippen LogP contribution in [0.5, 0.6) is 0 Å². The van der Waals surface area contributed by atoms with E-state index in [2.05, 4.69) is 13.0 Å². The second-order valence-electron chi connectivity index (χ2n) is 6.50. The largest absolute Gasteiger partial charge is 0.459 e. The van der Waals surface area contributed by atoms with E-state index in [1.807, 2.05) is 13.8 Å². The van der Waals surface area contributed by atoms with Crippen molar-refractivity contribution in [2.24, 2.45) is 17.8 Å². The fourth-order valence-electron chi connectivity index (χ4n) is 3.27. The van der Waals surface area contributed by atoms with Crippen molar-refractivity contribution in [1.29, 1.82) is 5.26 Å². The van der Waals surface area contributed by atoms with Crippen LogP contribution in [-0.4, -0.2) is 18.2 Å². The Morgan fingerprint density at radius 3 is 2.39 bits per heavy atom. The molecule has 0 N–H and O–H groups in total. The number of rotatable bonds is 3. The number of alkyl halides is 1. The minimum absolute atomic E-state index is 0.0840. The zero-order valence-corrected chi connectivity index (χ0v) is 14.6. The van der Waals surface area contributed by atoms with Crippen molar-refractivity contribution in [2.45, 2.75) is 78.0 Å². The number of carbonyl (C=O) groups excluding carboxylic acids is 1. The van der Waals surface area contributed by atoms with Crippen LogP contribution in [0.15, 0.2) is 12.2 Å². The number of carbonyl (C=O) groups is 1. The van der Waals surface area contributed by atoms with Crippen molar-refractivity contribution in [3.63, 3.8) is 0 Å². The molecule has 0 bridgehead atoms. The second kappa shape index (κ2) is 10.4. The third kappa shape index (κ3) is 6.72. The zero-order chi connectivity index (χ0) is 17.2. The quantitative estimate of drug-likeness (QED) is 0.544. The summed E-state index contributed by atoms with van der Waals surface area (Å²) in [5, 5.41) is 8.83. The van der Waals surface area contributed by atoms with Gasteiger partial charge in [0.25, 0.3) is 0 Å². The average molecular weight is 323 g/mol. The number of hydrogen-bond acceptors (Lipinski definition) is 3. The monoisotopic (exact) mass is 323 g/mol. The van der Waals surface area contributed by atoms with E-state index in [1.54, 1.807) is 6.08 Å². The van der Waals surface area contributed by atoms with Gasteiger partial charge in [-0.1, -0.05) is 26.8 Å². The van der Waals surface area contributed by atoms with Crippen LogP contribution in [0.1, 0.15) is 65.7 Å². The molecule has 0 aromatic carbocycles. The van der Waals surface area contributed by atoms with Crippen molar-refractivity contribution in [3.05, 3.63) is 12.2 Å². The summed E-state index contributed by atoms with van der Waals surface area (Å²) in [6.45, 7) is 6.07. The molecule has 23 heavy (non-hydrogen) atoms. The number of hydrogen-bond donors (Lipinski definition) is 0. The lowest BCUT2D eigenvalue weighted by Crippen LogP contribution is -2.25. The second-order valence-corrected chi connectivity index (χ2v) is 6.50. The van der Waals surface area contributed by atoms with Gasteiger partial charge in [-0.25, -0.2) is 9.18 Å². The number of esters is 1. The summed E-state index contributed by atoms with van der Waals surface area (Å²) in [6, 6.07) is 2.26. The molecule has 0 radical (unpaired) electrons. The van der Waals surface area contributed by atoms with E-state index in [0.717, 1.165) is 38.5 Å². The van der Waals surface area contributed by atoms with Crippen molar-refractivity contribution in [1.82, 2.24) is 0 Å². The maximum absolute atomic E-state index is 13.9. The summed E-state index contributed by atoms with van der Waals surface area (Å²) in [4.78, 5) is 11.8. The lowest BCUT2D eigenvalue weighted by molar-refractivity contribution is -0.144. The lowest BCUT2D eigenvalue weighted by atomic mass is 9.81. The standard InChI is InChI=1S/C17H24FNO2.C2H6/c1-12-2-5-14(16(18)10-12)6-9-17(20)21-15-7-3-13(11-19)4-8-15;1-2/h6,9,12-16H,2-5,7-8,10H2,1H3;1-2H3. The van der Waals surface area contributed by atoms with Crippen LogP contribution in [0.3, 0.4) is 0 Å². The fourth-order valence-corrected chi connectivity index (χ4v) is 3.27. The maximum Gasteiger partial charge on any atom is 0.330 e. The van der Waals surface area contributed by atoms with Crippen molar-refractivity contribution >= 4 is 5.97 Å². The molecule has 0 aromatic rings. The Kier molecular flexibility index (Phi) is 8.91. The number of nitrogens with zero attached hydrogens (tertiary/aromatic N) is 1. The molecule has 2 aliphatic rings. The van der Waals surface area contributed by atoms with Gasteiger partial charge in [0.05, 0.1) is 6.07 Å². The highest BCUT2D eigenvalue weighted by atomic mass is 19.1. The van der Waals surface area contributed by atoms with Crippen molar-refractivity contribution in [2.75, 3.05) is 0 Å². The van der Waals surface area contributed by atoms with Crippen LogP contribution in [0.25, 0.3) is 0 Å². The molecular formula is C19H30FNO2. The van der Waals surface area contributed by atoms with E-state index in [9.17, 15) is 9.18 Å². The molecule has 2 rings (SSSR count). The summed E-state index contributed by atoms with van der Waals surface area (Å²) in [7, 11) is 0. The van der Waals surface area contributed by atoms with Crippen LogP contribution >= 0.6 is 0 Å². The van der Waals surface area contributed by atoms with E-state index in [1.165, 1.54) is 6.08 Å². The summed E-state index contributed by atoms with van der Waals surface area (Å²) in [5.41, 5.74) is 0. The first-order chi connectivity index (χ1) is 11.1. The van der Waals surface area contributed by atoms with Gasteiger partial charge in [-0.2, -0.15) is 5.26 Å². The van der Waals surface area contributed by atoms with Gasteiger partial charge in [0.2, 0.25) is 0 Å². The Morgan fingerprint density at radius 1 is 1.17 bits per heavy atom. The van der Waals surface area contributed by atoms with Crippen molar-refractivity contribution in [3.8, 4) is 6.07 Å². The Hall–Kier alpha value is -1.37. The molecule has 0 spiro atoms. The molecule has 2 fully saturated rings. The first-order valence-electron chi connectivity index (χ1n) is 9.01. The van der Waals surface area contributed by atoms with Crippen LogP contribution in [0.2, 0.25) is 0 Å². The van der Waals surface area contributed by atoms with Crippen molar-refractivity contribution < 1.29 is 13.9 Å². The first kappa shape index (κ1) is 19.7. The highest BCUT2D eigenvalue weighted by molar-refractivity contribution is 5.82. The third-order valence-electron chi connectivity index (χ3n) is 4.70. The first-order valence-corrected chi connectivity index (χ1v) is 9.01. The molecule has 4 heteroatoms. The third-order valence-corrected chi connectivity index (χ3v) is 4.70. The smallest absolute Gasteiger partial charge is 0.330 e. The highest BCUT2D eigenvalue weighted by Gasteiger charge is 2.27. The molecule has 3 nitrogen and oxygen atoms in total. The molecule has 0 amide bonds. The summed E-state index contributed by atoms with van der Waals surface area (Å²) < 4.78 is 19.2. The maximum atomic E-state index is 13.9. The number of nitriles is 1. The summed E-state index contributed by atoms with van der Waals surface area (Å²) in [5.74, 6) is 0.0169. The molecule has 0 aliphatic heterocycles. The predicted molar refractivity (Wildman–Crippen MR) is 89.3 cm³/mol. The Morgan fingerprint density at radius 2 is 1.83 bits per heavy atom. The van der Waals surface area contributed by atoms with Crippen LogP contribution in [-0.2, 0) is 9.53 Å². The molecular weight excluding hydrogens is 293 g/mol. The molecule has 0 heterocycles. The topological polar surface area (TPSA) is 50.1 Å². The van der Waals surface area contributed by atoms with Gasteiger partial charge in [0.15, 0.2) is 0 Å². The SMILES string of the molecule is CC.CC1CCC(C=CC(=O)OC2CCC(C#N)CC2)C(F)C1. The minimum Gasteiger partial charge on any atom is -0.459 e. The Balaban J connectivity index is 0.00000127. The fraction of sp³-hybridized carbons (Fsp3) is 0.789. The number of halogens is 1. The Labute approximate surface area is 139 Å². The number of ether oxygens (including phenoxy) is 1. The number of allylic oxidation sites excluding steroid dienone is 1. The molecule has 130 valence electrons. The summed E-state index contributed by atoms with van der Waals surface area (Å²) >= 11 is 0. The van der Waals surface area contributed by atoms with Crippen LogP contribution < -0.4 is 0 Å². The van der Waals surface area contributed by atoms with Gasteiger partial charge in [-0.05, 0) is 50.9 Å².